The molecular weight excluding hydrogens is 276 g/mol. The molecular formula is C18H22N2S. The van der Waals surface area contributed by atoms with Gasteiger partial charge in [-0.05, 0) is 49.7 Å². The third-order valence-electron chi connectivity index (χ3n) is 4.92. The monoisotopic (exact) mass is 298 g/mol. The molecule has 2 nitrogen and oxygen atoms in total. The van der Waals surface area contributed by atoms with Gasteiger partial charge in [0, 0.05) is 28.9 Å². The van der Waals surface area contributed by atoms with E-state index < -0.39 is 0 Å². The van der Waals surface area contributed by atoms with E-state index in [1.54, 1.807) is 11.3 Å². The maximum absolute atomic E-state index is 4.41. The lowest BCUT2D eigenvalue weighted by Gasteiger charge is -2.30. The van der Waals surface area contributed by atoms with Crippen molar-refractivity contribution in [3.05, 3.63) is 35.8 Å². The Kier molecular flexibility index (Phi) is 3.68. The molecule has 2 aliphatic carbocycles. The lowest BCUT2D eigenvalue weighted by molar-refractivity contribution is 0.303. The average molecular weight is 298 g/mol. The molecule has 1 aromatic heterocycles. The van der Waals surface area contributed by atoms with Crippen LogP contribution in [0.25, 0.3) is 10.6 Å². The zero-order valence-corrected chi connectivity index (χ0v) is 13.1. The van der Waals surface area contributed by atoms with Gasteiger partial charge in [0.25, 0.3) is 0 Å². The molecule has 2 atom stereocenters. The van der Waals surface area contributed by atoms with Crippen LogP contribution in [0.15, 0.2) is 35.8 Å². The molecule has 2 aliphatic rings. The maximum atomic E-state index is 4.41. The molecule has 3 heteroatoms. The summed E-state index contributed by atoms with van der Waals surface area (Å²) in [7, 11) is 0. The van der Waals surface area contributed by atoms with Crippen LogP contribution in [-0.4, -0.2) is 11.0 Å². The smallest absolute Gasteiger partial charge is 0.123 e. The molecule has 0 saturated heterocycles. The van der Waals surface area contributed by atoms with Crippen LogP contribution in [0, 0.1) is 11.8 Å². The Morgan fingerprint density at radius 2 is 2.05 bits per heavy atom. The number of rotatable bonds is 4. The van der Waals surface area contributed by atoms with Crippen molar-refractivity contribution in [3.63, 3.8) is 0 Å². The Labute approximate surface area is 130 Å². The van der Waals surface area contributed by atoms with E-state index in [0.29, 0.717) is 6.04 Å². The Morgan fingerprint density at radius 3 is 2.86 bits per heavy atom. The van der Waals surface area contributed by atoms with Crippen LogP contribution in [0.3, 0.4) is 0 Å². The lowest BCUT2D eigenvalue weighted by Crippen LogP contribution is -2.28. The van der Waals surface area contributed by atoms with Crippen LogP contribution >= 0.6 is 11.3 Å². The van der Waals surface area contributed by atoms with E-state index in [1.807, 2.05) is 11.6 Å². The summed E-state index contributed by atoms with van der Waals surface area (Å²) in [5.41, 5.74) is 2.48. The standard InChI is InChI=1S/C18H22N2S/c1-3-14(13-7-8-13)11-16(5-1)20-17-6-2-4-15(12-17)18-19-9-10-21-18/h2,4,6,9-10,12-14,16,20H,1,3,5,7-8,11H2. The molecule has 0 radical (unpaired) electrons. The van der Waals surface area contributed by atoms with Crippen LogP contribution in [-0.2, 0) is 0 Å². The van der Waals surface area contributed by atoms with E-state index in [0.717, 1.165) is 16.8 Å². The van der Waals surface area contributed by atoms with Gasteiger partial charge in [0.2, 0.25) is 0 Å². The summed E-state index contributed by atoms with van der Waals surface area (Å²) in [5.74, 6) is 2.04. The van der Waals surface area contributed by atoms with E-state index in [-0.39, 0.29) is 0 Å². The molecule has 110 valence electrons. The van der Waals surface area contributed by atoms with Crippen molar-refractivity contribution in [1.29, 1.82) is 0 Å². The van der Waals surface area contributed by atoms with Crippen LogP contribution in [0.4, 0.5) is 5.69 Å². The highest BCUT2D eigenvalue weighted by molar-refractivity contribution is 7.13. The van der Waals surface area contributed by atoms with Gasteiger partial charge in [-0.3, -0.25) is 0 Å². The molecule has 0 spiro atoms. The quantitative estimate of drug-likeness (QED) is 0.840. The first kappa shape index (κ1) is 13.3. The minimum Gasteiger partial charge on any atom is -0.382 e. The molecule has 1 N–H and O–H groups in total. The van der Waals surface area contributed by atoms with Crippen molar-refractivity contribution in [2.24, 2.45) is 11.8 Å². The normalized spacial score (nSPS) is 25.7. The third kappa shape index (κ3) is 3.13. The van der Waals surface area contributed by atoms with Crippen LogP contribution in [0.2, 0.25) is 0 Å². The Bertz CT molecular complexity index is 589. The number of anilines is 1. The number of nitrogens with zero attached hydrogens (tertiary/aromatic N) is 1. The lowest BCUT2D eigenvalue weighted by atomic mass is 9.82. The van der Waals surface area contributed by atoms with Crippen molar-refractivity contribution in [1.82, 2.24) is 4.98 Å². The summed E-state index contributed by atoms with van der Waals surface area (Å²) in [6.07, 6.45) is 10.4. The third-order valence-corrected chi connectivity index (χ3v) is 5.74. The molecule has 21 heavy (non-hydrogen) atoms. The SMILES string of the molecule is c1cc(NC2CCCC(C3CC3)C2)cc(-c2nccs2)c1. The Hall–Kier alpha value is -1.35. The summed E-state index contributed by atoms with van der Waals surface area (Å²) in [6.45, 7) is 0. The molecule has 0 bridgehead atoms. The van der Waals surface area contributed by atoms with Crippen molar-refractivity contribution < 1.29 is 0 Å². The minimum atomic E-state index is 0.663. The van der Waals surface area contributed by atoms with Gasteiger partial charge in [-0.25, -0.2) is 4.98 Å². The van der Waals surface area contributed by atoms with E-state index in [1.165, 1.54) is 49.8 Å². The molecule has 1 aromatic carbocycles. The zero-order valence-electron chi connectivity index (χ0n) is 12.3. The molecule has 2 unspecified atom stereocenters. The molecule has 0 aliphatic heterocycles. The Balaban J connectivity index is 1.45. The van der Waals surface area contributed by atoms with Crippen molar-refractivity contribution >= 4 is 17.0 Å². The van der Waals surface area contributed by atoms with Gasteiger partial charge in [-0.15, -0.1) is 11.3 Å². The van der Waals surface area contributed by atoms with Gasteiger partial charge in [-0.2, -0.15) is 0 Å². The highest BCUT2D eigenvalue weighted by Gasteiger charge is 2.34. The number of nitrogens with one attached hydrogen (secondary N) is 1. The number of thiazole rings is 1. The first-order valence-electron chi connectivity index (χ1n) is 8.15. The molecule has 2 saturated carbocycles. The van der Waals surface area contributed by atoms with Gasteiger partial charge in [-0.1, -0.05) is 25.0 Å². The van der Waals surface area contributed by atoms with Gasteiger partial charge >= 0.3 is 0 Å². The zero-order chi connectivity index (χ0) is 14.1. The second-order valence-corrected chi connectivity index (χ2v) is 7.42. The summed E-state index contributed by atoms with van der Waals surface area (Å²) in [4.78, 5) is 4.41. The summed E-state index contributed by atoms with van der Waals surface area (Å²) in [5, 5.41) is 6.92. The van der Waals surface area contributed by atoms with E-state index >= 15 is 0 Å². The second kappa shape index (κ2) is 5.80. The highest BCUT2D eigenvalue weighted by atomic mass is 32.1. The van der Waals surface area contributed by atoms with E-state index in [9.17, 15) is 0 Å². The number of hydrogen-bond acceptors (Lipinski definition) is 3. The fourth-order valence-electron chi connectivity index (χ4n) is 3.70. The largest absolute Gasteiger partial charge is 0.382 e. The predicted octanol–water partition coefficient (Wildman–Crippen LogP) is 5.19. The van der Waals surface area contributed by atoms with Gasteiger partial charge in [0.15, 0.2) is 0 Å². The van der Waals surface area contributed by atoms with Gasteiger partial charge in [0.05, 0.1) is 0 Å². The molecule has 2 aromatic rings. The summed E-state index contributed by atoms with van der Waals surface area (Å²) >= 11 is 1.70. The first-order valence-corrected chi connectivity index (χ1v) is 9.03. The molecule has 1 heterocycles. The topological polar surface area (TPSA) is 24.9 Å². The van der Waals surface area contributed by atoms with E-state index in [2.05, 4.69) is 34.6 Å². The molecule has 2 fully saturated rings. The fourth-order valence-corrected chi connectivity index (χ4v) is 4.33. The van der Waals surface area contributed by atoms with Crippen molar-refractivity contribution in [3.8, 4) is 10.6 Å². The predicted molar refractivity (Wildman–Crippen MR) is 89.6 cm³/mol. The Morgan fingerprint density at radius 1 is 1.10 bits per heavy atom. The van der Waals surface area contributed by atoms with Crippen LogP contribution in [0.1, 0.15) is 38.5 Å². The highest BCUT2D eigenvalue weighted by Crippen LogP contribution is 2.44. The van der Waals surface area contributed by atoms with Gasteiger partial charge in [0.1, 0.15) is 5.01 Å². The van der Waals surface area contributed by atoms with Crippen LogP contribution < -0.4 is 5.32 Å². The number of aromatic nitrogens is 1. The average Bonchev–Trinajstić information content (AvgIpc) is 3.23. The van der Waals surface area contributed by atoms with Gasteiger partial charge < -0.3 is 5.32 Å². The number of benzene rings is 1. The first-order chi connectivity index (χ1) is 10.4. The summed E-state index contributed by atoms with van der Waals surface area (Å²) in [6, 6.07) is 9.39. The number of hydrogen-bond donors (Lipinski definition) is 1. The second-order valence-electron chi connectivity index (χ2n) is 6.52. The van der Waals surface area contributed by atoms with Crippen molar-refractivity contribution in [2.75, 3.05) is 5.32 Å². The van der Waals surface area contributed by atoms with Crippen molar-refractivity contribution in [2.45, 2.75) is 44.6 Å². The fraction of sp³-hybridized carbons (Fsp3) is 0.500. The van der Waals surface area contributed by atoms with E-state index in [4.69, 9.17) is 0 Å². The minimum absolute atomic E-state index is 0.663. The molecule has 4 rings (SSSR count). The molecule has 0 amide bonds. The maximum Gasteiger partial charge on any atom is 0.123 e. The summed E-state index contributed by atoms with van der Waals surface area (Å²) < 4.78 is 0. The van der Waals surface area contributed by atoms with Crippen LogP contribution in [0.5, 0.6) is 0 Å².